The summed E-state index contributed by atoms with van der Waals surface area (Å²) in [6.07, 6.45) is 1.27. The van der Waals surface area contributed by atoms with E-state index in [0.717, 1.165) is 0 Å². The summed E-state index contributed by atoms with van der Waals surface area (Å²) in [4.78, 5) is 35.4. The van der Waals surface area contributed by atoms with Crippen LogP contribution < -0.4 is 14.8 Å². The molecule has 0 unspecified atom stereocenters. The molecule has 1 N–H and O–H groups in total. The van der Waals surface area contributed by atoms with Gasteiger partial charge in [-0.15, -0.1) is 0 Å². The molecule has 0 aliphatic rings. The number of hydrogen-bond donors (Lipinski definition) is 1. The molecular weight excluding hydrogens is 426 g/mol. The Morgan fingerprint density at radius 3 is 2.45 bits per heavy atom. The van der Waals surface area contributed by atoms with Crippen molar-refractivity contribution in [2.75, 3.05) is 12.4 Å². The molecule has 3 aromatic rings. The highest BCUT2D eigenvalue weighted by molar-refractivity contribution is 6.10. The summed E-state index contributed by atoms with van der Waals surface area (Å²) in [6, 6.07) is 19.9. The summed E-state index contributed by atoms with van der Waals surface area (Å²) in [6.45, 7) is 0. The number of nitro groups is 1. The number of rotatable bonds is 7. The van der Waals surface area contributed by atoms with E-state index in [1.54, 1.807) is 48.5 Å². The number of benzene rings is 3. The molecule has 0 aliphatic carbocycles. The first-order valence-electron chi connectivity index (χ1n) is 9.54. The minimum Gasteiger partial charge on any atom is -0.497 e. The van der Waals surface area contributed by atoms with Crippen molar-refractivity contribution in [3.63, 3.8) is 0 Å². The Labute approximate surface area is 188 Å². The highest BCUT2D eigenvalue weighted by Gasteiger charge is 2.15. The summed E-state index contributed by atoms with van der Waals surface area (Å²) in [5.74, 6) is -0.662. The van der Waals surface area contributed by atoms with Crippen LogP contribution in [0.25, 0.3) is 6.08 Å². The molecule has 3 rings (SSSR count). The van der Waals surface area contributed by atoms with E-state index in [1.807, 2.05) is 0 Å². The average molecular weight is 443 g/mol. The number of ether oxygens (including phenoxy) is 2. The van der Waals surface area contributed by atoms with Crippen LogP contribution in [0.15, 0.2) is 78.4 Å². The first kappa shape index (κ1) is 22.7. The summed E-state index contributed by atoms with van der Waals surface area (Å²) < 4.78 is 10.5. The lowest BCUT2D eigenvalue weighted by atomic mass is 10.1. The average Bonchev–Trinajstić information content (AvgIpc) is 2.83. The van der Waals surface area contributed by atoms with Crippen LogP contribution in [-0.4, -0.2) is 23.9 Å². The summed E-state index contributed by atoms with van der Waals surface area (Å²) in [5.41, 5.74) is 0.290. The van der Waals surface area contributed by atoms with Crippen molar-refractivity contribution < 1.29 is 24.0 Å². The van der Waals surface area contributed by atoms with E-state index in [4.69, 9.17) is 9.47 Å². The second-order valence-corrected chi connectivity index (χ2v) is 6.59. The summed E-state index contributed by atoms with van der Waals surface area (Å²) >= 11 is 0. The molecule has 0 radical (unpaired) electrons. The van der Waals surface area contributed by atoms with Gasteiger partial charge in [0.05, 0.1) is 17.6 Å². The van der Waals surface area contributed by atoms with Gasteiger partial charge in [-0.3, -0.25) is 14.9 Å². The van der Waals surface area contributed by atoms with Crippen LogP contribution in [0.3, 0.4) is 0 Å². The standard InChI is InChI=1S/C24H17N3O6/c1-32-21-11-9-16(10-12-21)24(29)33-22-8-3-2-5-17(22)13-18(15-25)23(28)26-19-6-4-7-20(14-19)27(30)31/h2-14H,1H3,(H,26,28)/b18-13+. The third kappa shape index (κ3) is 5.80. The Kier molecular flexibility index (Phi) is 7.13. The molecule has 33 heavy (non-hydrogen) atoms. The van der Waals surface area contributed by atoms with Crippen LogP contribution in [0.5, 0.6) is 11.5 Å². The fraction of sp³-hybridized carbons (Fsp3) is 0.0417. The normalized spacial score (nSPS) is 10.6. The molecule has 0 bridgehead atoms. The lowest BCUT2D eigenvalue weighted by Gasteiger charge is -2.09. The quantitative estimate of drug-likeness (QED) is 0.143. The van der Waals surface area contributed by atoms with Crippen molar-refractivity contribution in [2.45, 2.75) is 0 Å². The molecule has 9 nitrogen and oxygen atoms in total. The number of nitriles is 1. The number of nitrogens with zero attached hydrogens (tertiary/aromatic N) is 2. The van der Waals surface area contributed by atoms with E-state index in [2.05, 4.69) is 5.32 Å². The maximum Gasteiger partial charge on any atom is 0.343 e. The van der Waals surface area contributed by atoms with Gasteiger partial charge in [0.15, 0.2) is 0 Å². The van der Waals surface area contributed by atoms with E-state index in [9.17, 15) is 25.0 Å². The van der Waals surface area contributed by atoms with Crippen LogP contribution in [0.1, 0.15) is 15.9 Å². The van der Waals surface area contributed by atoms with Gasteiger partial charge in [0.1, 0.15) is 23.1 Å². The number of nitrogens with one attached hydrogen (secondary N) is 1. The highest BCUT2D eigenvalue weighted by Crippen LogP contribution is 2.24. The molecular formula is C24H17N3O6. The Morgan fingerprint density at radius 2 is 1.79 bits per heavy atom. The molecule has 1 amide bonds. The highest BCUT2D eigenvalue weighted by atomic mass is 16.6. The number of non-ortho nitro benzene ring substituents is 1. The van der Waals surface area contributed by atoms with E-state index in [0.29, 0.717) is 16.9 Å². The first-order chi connectivity index (χ1) is 15.9. The zero-order valence-corrected chi connectivity index (χ0v) is 17.3. The van der Waals surface area contributed by atoms with Crippen molar-refractivity contribution in [3.05, 3.63) is 99.6 Å². The van der Waals surface area contributed by atoms with Crippen LogP contribution in [0.4, 0.5) is 11.4 Å². The molecule has 0 aromatic heterocycles. The Morgan fingerprint density at radius 1 is 1.06 bits per heavy atom. The first-order valence-corrected chi connectivity index (χ1v) is 9.54. The topological polar surface area (TPSA) is 132 Å². The smallest absolute Gasteiger partial charge is 0.343 e. The van der Waals surface area contributed by atoms with Crippen molar-refractivity contribution in [1.29, 1.82) is 5.26 Å². The lowest BCUT2D eigenvalue weighted by molar-refractivity contribution is -0.384. The number of hydrogen-bond acceptors (Lipinski definition) is 7. The van der Waals surface area contributed by atoms with Gasteiger partial charge in [-0.05, 0) is 42.5 Å². The molecule has 0 saturated carbocycles. The molecule has 3 aromatic carbocycles. The van der Waals surface area contributed by atoms with Gasteiger partial charge < -0.3 is 14.8 Å². The number of esters is 1. The Balaban J connectivity index is 1.82. The van der Waals surface area contributed by atoms with Gasteiger partial charge in [-0.1, -0.05) is 24.3 Å². The SMILES string of the molecule is COc1ccc(C(=O)Oc2ccccc2/C=C(\C#N)C(=O)Nc2cccc([N+](=O)[O-])c2)cc1. The number of amides is 1. The Bertz CT molecular complexity index is 1280. The number of nitro benzene ring substituents is 1. The maximum atomic E-state index is 12.6. The number of para-hydroxylation sites is 1. The predicted molar refractivity (Wildman–Crippen MR) is 120 cm³/mol. The minimum absolute atomic E-state index is 0.147. The molecule has 0 heterocycles. The maximum absolute atomic E-state index is 12.6. The number of carbonyl (C=O) groups is 2. The number of carbonyl (C=O) groups excluding carboxylic acids is 2. The number of anilines is 1. The molecule has 0 aliphatic heterocycles. The van der Waals surface area contributed by atoms with Gasteiger partial charge in [0.25, 0.3) is 11.6 Å². The van der Waals surface area contributed by atoms with E-state index in [-0.39, 0.29) is 22.7 Å². The summed E-state index contributed by atoms with van der Waals surface area (Å²) in [5, 5.41) is 22.8. The van der Waals surface area contributed by atoms with Crippen molar-refractivity contribution in [2.24, 2.45) is 0 Å². The number of methoxy groups -OCH3 is 1. The van der Waals surface area contributed by atoms with Crippen LogP contribution >= 0.6 is 0 Å². The monoisotopic (exact) mass is 443 g/mol. The second kappa shape index (κ2) is 10.4. The van der Waals surface area contributed by atoms with Gasteiger partial charge in [0.2, 0.25) is 0 Å². The van der Waals surface area contributed by atoms with Crippen LogP contribution in [-0.2, 0) is 4.79 Å². The van der Waals surface area contributed by atoms with Crippen molar-refractivity contribution in [3.8, 4) is 17.6 Å². The third-order valence-corrected chi connectivity index (χ3v) is 4.43. The van der Waals surface area contributed by atoms with Crippen molar-refractivity contribution >= 4 is 29.3 Å². The zero-order valence-electron chi connectivity index (χ0n) is 17.3. The molecule has 0 saturated heterocycles. The largest absolute Gasteiger partial charge is 0.497 e. The second-order valence-electron chi connectivity index (χ2n) is 6.59. The molecule has 0 spiro atoms. The van der Waals surface area contributed by atoms with E-state index < -0.39 is 16.8 Å². The molecule has 0 atom stereocenters. The molecule has 164 valence electrons. The zero-order chi connectivity index (χ0) is 23.8. The fourth-order valence-electron chi connectivity index (χ4n) is 2.78. The van der Waals surface area contributed by atoms with E-state index in [1.165, 1.54) is 43.5 Å². The van der Waals surface area contributed by atoms with Gasteiger partial charge in [-0.2, -0.15) is 5.26 Å². The summed E-state index contributed by atoms with van der Waals surface area (Å²) in [7, 11) is 1.51. The van der Waals surface area contributed by atoms with Crippen LogP contribution in [0.2, 0.25) is 0 Å². The fourth-order valence-corrected chi connectivity index (χ4v) is 2.78. The lowest BCUT2D eigenvalue weighted by Crippen LogP contribution is -2.14. The third-order valence-electron chi connectivity index (χ3n) is 4.43. The molecule has 0 fully saturated rings. The van der Waals surface area contributed by atoms with Gasteiger partial charge in [0, 0.05) is 23.4 Å². The molecule has 9 heteroatoms. The van der Waals surface area contributed by atoms with Crippen LogP contribution in [0, 0.1) is 21.4 Å². The predicted octanol–water partition coefficient (Wildman–Crippen LogP) is 4.37. The van der Waals surface area contributed by atoms with Crippen molar-refractivity contribution in [1.82, 2.24) is 0 Å². The Hall–Kier alpha value is -4.97. The minimum atomic E-state index is -0.769. The van der Waals surface area contributed by atoms with Gasteiger partial charge in [-0.25, -0.2) is 4.79 Å². The van der Waals surface area contributed by atoms with E-state index >= 15 is 0 Å². The van der Waals surface area contributed by atoms with Gasteiger partial charge >= 0.3 is 5.97 Å².